The van der Waals surface area contributed by atoms with E-state index in [9.17, 15) is 4.79 Å². The van der Waals surface area contributed by atoms with Gasteiger partial charge in [0.05, 0.1) is 38.8 Å². The quantitative estimate of drug-likeness (QED) is 0.257. The first-order valence-electron chi connectivity index (χ1n) is 11.1. The van der Waals surface area contributed by atoms with Crippen LogP contribution in [0.4, 0.5) is 0 Å². The predicted octanol–water partition coefficient (Wildman–Crippen LogP) is 2.84. The second kappa shape index (κ2) is 13.2. The highest BCUT2D eigenvalue weighted by molar-refractivity contribution is 14.0. The van der Waals surface area contributed by atoms with Gasteiger partial charge in [0, 0.05) is 32.7 Å². The maximum atomic E-state index is 11.8. The number of hydrogen-bond donors (Lipinski definition) is 1. The van der Waals surface area contributed by atoms with Crippen molar-refractivity contribution in [2.75, 3.05) is 59.6 Å². The summed E-state index contributed by atoms with van der Waals surface area (Å²) in [6.07, 6.45) is 1.61. The number of likely N-dealkylation sites (tertiary alicyclic amines) is 1. The van der Waals surface area contributed by atoms with E-state index in [0.717, 1.165) is 64.7 Å². The maximum Gasteiger partial charge on any atom is 0.308 e. The summed E-state index contributed by atoms with van der Waals surface area (Å²) in [6.45, 7) is 10.8. The Balaban J connectivity index is 0.00000341. The third-order valence-electron chi connectivity index (χ3n) is 5.99. The first kappa shape index (κ1) is 25.9. The topological polar surface area (TPSA) is 66.4 Å². The van der Waals surface area contributed by atoms with Gasteiger partial charge in [-0.15, -0.1) is 24.0 Å². The lowest BCUT2D eigenvalue weighted by atomic mass is 9.97. The summed E-state index contributed by atoms with van der Waals surface area (Å²) in [6, 6.07) is 8.97. The molecule has 0 saturated carbocycles. The van der Waals surface area contributed by atoms with Gasteiger partial charge in [0.1, 0.15) is 0 Å². The SMILES string of the molecule is CCNC(=NCC(c1cccc(C)c1)N1CCOCC1)N1CCC(C(=O)OC)CC1.I. The number of halogens is 1. The number of benzene rings is 1. The van der Waals surface area contributed by atoms with Crippen molar-refractivity contribution in [2.45, 2.75) is 32.7 Å². The second-order valence-corrected chi connectivity index (χ2v) is 8.06. The molecule has 2 fully saturated rings. The molecule has 0 bridgehead atoms. The van der Waals surface area contributed by atoms with Gasteiger partial charge in [-0.05, 0) is 32.3 Å². The van der Waals surface area contributed by atoms with Crippen LogP contribution in [0.2, 0.25) is 0 Å². The minimum absolute atomic E-state index is 0. The Hall–Kier alpha value is -1.39. The Bertz CT molecular complexity index is 717. The first-order valence-corrected chi connectivity index (χ1v) is 11.1. The summed E-state index contributed by atoms with van der Waals surface area (Å²) in [5.41, 5.74) is 2.58. The molecule has 8 heteroatoms. The third kappa shape index (κ3) is 7.32. The predicted molar refractivity (Wildman–Crippen MR) is 134 cm³/mol. The number of aliphatic imine (C=N–C) groups is 1. The summed E-state index contributed by atoms with van der Waals surface area (Å²) in [7, 11) is 1.47. The molecule has 0 spiro atoms. The number of ether oxygens (including phenoxy) is 2. The van der Waals surface area contributed by atoms with Gasteiger partial charge in [-0.1, -0.05) is 29.8 Å². The largest absolute Gasteiger partial charge is 0.469 e. The van der Waals surface area contributed by atoms with Crippen LogP contribution in [0.3, 0.4) is 0 Å². The molecule has 7 nitrogen and oxygen atoms in total. The molecule has 1 aromatic rings. The fraction of sp³-hybridized carbons (Fsp3) is 0.652. The zero-order valence-electron chi connectivity index (χ0n) is 19.0. The number of esters is 1. The average molecular weight is 544 g/mol. The van der Waals surface area contributed by atoms with Gasteiger partial charge >= 0.3 is 5.97 Å². The number of nitrogens with zero attached hydrogens (tertiary/aromatic N) is 3. The molecular formula is C23H37IN4O3. The smallest absolute Gasteiger partial charge is 0.308 e. The Morgan fingerprint density at radius 3 is 2.58 bits per heavy atom. The zero-order valence-corrected chi connectivity index (χ0v) is 21.3. The molecule has 31 heavy (non-hydrogen) atoms. The Kier molecular flexibility index (Phi) is 11.0. The van der Waals surface area contributed by atoms with Crippen molar-refractivity contribution in [3.8, 4) is 0 Å². The minimum atomic E-state index is -0.0941. The maximum absolute atomic E-state index is 11.8. The van der Waals surface area contributed by atoms with E-state index in [-0.39, 0.29) is 41.9 Å². The summed E-state index contributed by atoms with van der Waals surface area (Å²) in [5, 5.41) is 3.45. The molecule has 2 aliphatic rings. The van der Waals surface area contributed by atoms with E-state index in [4.69, 9.17) is 14.5 Å². The van der Waals surface area contributed by atoms with Crippen LogP contribution >= 0.6 is 24.0 Å². The van der Waals surface area contributed by atoms with Crippen LogP contribution in [-0.2, 0) is 14.3 Å². The fourth-order valence-electron chi connectivity index (χ4n) is 4.29. The van der Waals surface area contributed by atoms with Crippen molar-refractivity contribution in [2.24, 2.45) is 10.9 Å². The monoisotopic (exact) mass is 544 g/mol. The highest BCUT2D eigenvalue weighted by Crippen LogP contribution is 2.24. The van der Waals surface area contributed by atoms with Gasteiger partial charge in [-0.25, -0.2) is 0 Å². The van der Waals surface area contributed by atoms with Gasteiger partial charge in [0.2, 0.25) is 0 Å². The normalized spacial score (nSPS) is 19.5. The highest BCUT2D eigenvalue weighted by atomic mass is 127. The number of methoxy groups -OCH3 is 1. The Morgan fingerprint density at radius 1 is 1.26 bits per heavy atom. The van der Waals surface area contributed by atoms with Crippen LogP contribution in [0, 0.1) is 12.8 Å². The Labute approximate surface area is 203 Å². The summed E-state index contributed by atoms with van der Waals surface area (Å²) >= 11 is 0. The molecule has 2 aliphatic heterocycles. The van der Waals surface area contributed by atoms with E-state index < -0.39 is 0 Å². The molecule has 0 aromatic heterocycles. The van der Waals surface area contributed by atoms with Crippen molar-refractivity contribution >= 4 is 35.9 Å². The van der Waals surface area contributed by atoms with E-state index in [1.54, 1.807) is 0 Å². The number of nitrogens with one attached hydrogen (secondary N) is 1. The van der Waals surface area contributed by atoms with E-state index >= 15 is 0 Å². The lowest BCUT2D eigenvalue weighted by molar-refractivity contribution is -0.146. The Morgan fingerprint density at radius 2 is 1.97 bits per heavy atom. The van der Waals surface area contributed by atoms with Crippen LogP contribution in [0.25, 0.3) is 0 Å². The summed E-state index contributed by atoms with van der Waals surface area (Å²) in [4.78, 5) is 21.6. The average Bonchev–Trinajstić information content (AvgIpc) is 2.79. The van der Waals surface area contributed by atoms with Crippen molar-refractivity contribution in [3.05, 3.63) is 35.4 Å². The molecule has 0 amide bonds. The van der Waals surface area contributed by atoms with E-state index in [1.807, 2.05) is 0 Å². The molecule has 2 saturated heterocycles. The standard InChI is InChI=1S/C23H36N4O3.HI/c1-4-24-23(27-10-8-19(9-11-27)22(28)29-3)25-17-21(26-12-14-30-15-13-26)20-7-5-6-18(2)16-20;/h5-7,16,19,21H,4,8-15,17H2,1-3H3,(H,24,25);1H. The number of carbonyl (C=O) groups is 1. The van der Waals surface area contributed by atoms with Gasteiger partial charge in [0.15, 0.2) is 5.96 Å². The van der Waals surface area contributed by atoms with Crippen molar-refractivity contribution in [1.29, 1.82) is 0 Å². The van der Waals surface area contributed by atoms with Gasteiger partial charge in [0.25, 0.3) is 0 Å². The lowest BCUT2D eigenvalue weighted by Crippen LogP contribution is -2.47. The number of carbonyl (C=O) groups excluding carboxylic acids is 1. The fourth-order valence-corrected chi connectivity index (χ4v) is 4.29. The van der Waals surface area contributed by atoms with Crippen molar-refractivity contribution in [3.63, 3.8) is 0 Å². The van der Waals surface area contributed by atoms with Crippen LogP contribution < -0.4 is 5.32 Å². The summed E-state index contributed by atoms with van der Waals surface area (Å²) in [5.74, 6) is 0.845. The number of piperidine rings is 1. The highest BCUT2D eigenvalue weighted by Gasteiger charge is 2.28. The molecule has 0 aliphatic carbocycles. The number of hydrogen-bond acceptors (Lipinski definition) is 5. The van der Waals surface area contributed by atoms with E-state index in [2.05, 4.69) is 53.2 Å². The minimum Gasteiger partial charge on any atom is -0.469 e. The number of guanidine groups is 1. The second-order valence-electron chi connectivity index (χ2n) is 8.06. The van der Waals surface area contributed by atoms with Gasteiger partial charge < -0.3 is 19.7 Å². The molecule has 1 unspecified atom stereocenters. The van der Waals surface area contributed by atoms with Crippen molar-refractivity contribution < 1.29 is 14.3 Å². The lowest BCUT2D eigenvalue weighted by Gasteiger charge is -2.36. The number of morpholine rings is 1. The van der Waals surface area contributed by atoms with E-state index in [1.165, 1.54) is 18.2 Å². The number of rotatable bonds is 6. The molecule has 1 aromatic carbocycles. The molecule has 0 radical (unpaired) electrons. The molecular weight excluding hydrogens is 507 g/mol. The van der Waals surface area contributed by atoms with Crippen LogP contribution in [0.15, 0.2) is 29.3 Å². The van der Waals surface area contributed by atoms with Crippen LogP contribution in [-0.4, -0.2) is 81.3 Å². The first-order chi connectivity index (χ1) is 14.6. The molecule has 1 atom stereocenters. The van der Waals surface area contributed by atoms with Gasteiger partial charge in [-0.2, -0.15) is 0 Å². The van der Waals surface area contributed by atoms with Gasteiger partial charge in [-0.3, -0.25) is 14.7 Å². The zero-order chi connectivity index (χ0) is 21.3. The van der Waals surface area contributed by atoms with E-state index in [0.29, 0.717) is 6.54 Å². The van der Waals surface area contributed by atoms with Crippen LogP contribution in [0.1, 0.15) is 36.9 Å². The number of aryl methyl sites for hydroxylation is 1. The molecule has 3 rings (SSSR count). The van der Waals surface area contributed by atoms with Crippen molar-refractivity contribution in [1.82, 2.24) is 15.1 Å². The molecule has 2 heterocycles. The molecule has 174 valence electrons. The van der Waals surface area contributed by atoms with Crippen LogP contribution in [0.5, 0.6) is 0 Å². The molecule has 1 N–H and O–H groups in total. The third-order valence-corrected chi connectivity index (χ3v) is 5.99. The summed E-state index contributed by atoms with van der Waals surface area (Å²) < 4.78 is 10.5.